The molecule has 0 saturated heterocycles. The van der Waals surface area contributed by atoms with Gasteiger partial charge in [0.1, 0.15) is 0 Å². The number of esters is 1. The molecule has 1 rings (SSSR count). The summed E-state index contributed by atoms with van der Waals surface area (Å²) in [4.78, 5) is 28.4. The first-order chi connectivity index (χ1) is 12.1. The van der Waals surface area contributed by atoms with Crippen molar-refractivity contribution >= 4 is 33.5 Å². The molecule has 26 heavy (non-hydrogen) atoms. The van der Waals surface area contributed by atoms with Crippen molar-refractivity contribution in [3.63, 3.8) is 0 Å². The van der Waals surface area contributed by atoms with Gasteiger partial charge in [0.2, 0.25) is 0 Å². The Hall–Kier alpha value is -1.68. The van der Waals surface area contributed by atoms with E-state index < -0.39 is 28.5 Å². The maximum atomic E-state index is 12.2. The number of carbonyl (C=O) groups excluding carboxylic acids is 2. The molecule has 0 bridgehead atoms. The number of hydroxylamine groups is 1. The molecule has 1 amide bonds. The SMILES string of the molecule is CCC[C@@H](C)NC(=O)COC(=O)c1cc(S(=O)(=O)N(C)OC)ccc1Cl. The topological polar surface area (TPSA) is 102 Å². The Bertz CT molecular complexity index is 753. The van der Waals surface area contributed by atoms with Crippen LogP contribution in [-0.4, -0.2) is 51.6 Å². The van der Waals surface area contributed by atoms with Gasteiger partial charge in [-0.3, -0.25) is 9.63 Å². The van der Waals surface area contributed by atoms with Gasteiger partial charge in [-0.1, -0.05) is 29.4 Å². The standard InChI is InChI=1S/C16H23ClN2O6S/c1-5-6-11(2)18-15(20)10-25-16(21)13-9-12(7-8-14(13)17)26(22,23)19(3)24-4/h7-9,11H,5-6,10H2,1-4H3,(H,18,20)/t11-/m1/s1. The van der Waals surface area contributed by atoms with Crippen LogP contribution >= 0.6 is 11.6 Å². The molecule has 0 spiro atoms. The predicted octanol–water partition coefficient (Wildman–Crippen LogP) is 1.98. The number of nitrogens with zero attached hydrogens (tertiary/aromatic N) is 1. The fourth-order valence-electron chi connectivity index (χ4n) is 2.10. The average molecular weight is 407 g/mol. The fourth-order valence-corrected chi connectivity index (χ4v) is 3.29. The van der Waals surface area contributed by atoms with Gasteiger partial charge in [0.15, 0.2) is 6.61 Å². The molecule has 1 N–H and O–H groups in total. The van der Waals surface area contributed by atoms with Crippen LogP contribution in [0, 0.1) is 0 Å². The van der Waals surface area contributed by atoms with Gasteiger partial charge in [-0.25, -0.2) is 13.2 Å². The van der Waals surface area contributed by atoms with Crippen molar-refractivity contribution in [2.45, 2.75) is 37.6 Å². The first kappa shape index (κ1) is 22.4. The number of carbonyl (C=O) groups is 2. The minimum Gasteiger partial charge on any atom is -0.452 e. The summed E-state index contributed by atoms with van der Waals surface area (Å²) < 4.78 is 30.1. The maximum absolute atomic E-state index is 12.2. The fraction of sp³-hybridized carbons (Fsp3) is 0.500. The van der Waals surface area contributed by atoms with E-state index in [0.29, 0.717) is 4.47 Å². The van der Waals surface area contributed by atoms with Gasteiger partial charge in [-0.05, 0) is 31.5 Å². The lowest BCUT2D eigenvalue weighted by Gasteiger charge is -2.15. The van der Waals surface area contributed by atoms with Crippen LogP contribution in [0.3, 0.4) is 0 Å². The molecule has 0 aromatic heterocycles. The summed E-state index contributed by atoms with van der Waals surface area (Å²) in [7, 11) is -1.54. The van der Waals surface area contributed by atoms with Gasteiger partial charge in [-0.2, -0.15) is 0 Å². The molecule has 8 nitrogen and oxygen atoms in total. The summed E-state index contributed by atoms with van der Waals surface area (Å²) in [6.07, 6.45) is 1.71. The molecule has 0 saturated carbocycles. The second kappa shape index (κ2) is 9.86. The van der Waals surface area contributed by atoms with Crippen molar-refractivity contribution in [1.29, 1.82) is 0 Å². The van der Waals surface area contributed by atoms with Crippen molar-refractivity contribution in [1.82, 2.24) is 9.79 Å². The molecule has 0 radical (unpaired) electrons. The Morgan fingerprint density at radius 3 is 2.58 bits per heavy atom. The molecule has 1 aromatic carbocycles. The minimum atomic E-state index is -3.95. The normalized spacial score (nSPS) is 12.7. The first-order valence-corrected chi connectivity index (χ1v) is 9.74. The molecule has 10 heteroatoms. The molecule has 146 valence electrons. The van der Waals surface area contributed by atoms with E-state index in [1.165, 1.54) is 26.3 Å². The highest BCUT2D eigenvalue weighted by Gasteiger charge is 2.24. The highest BCUT2D eigenvalue weighted by molar-refractivity contribution is 7.89. The highest BCUT2D eigenvalue weighted by atomic mass is 35.5. The summed E-state index contributed by atoms with van der Waals surface area (Å²) in [6, 6.07) is 3.54. The van der Waals surface area contributed by atoms with E-state index in [1.54, 1.807) is 0 Å². The van der Waals surface area contributed by atoms with Crippen LogP contribution in [0.1, 0.15) is 37.0 Å². The van der Waals surface area contributed by atoms with Crippen LogP contribution in [0.15, 0.2) is 23.1 Å². The van der Waals surface area contributed by atoms with Gasteiger partial charge in [-0.15, -0.1) is 0 Å². The van der Waals surface area contributed by atoms with Gasteiger partial charge >= 0.3 is 5.97 Å². The van der Waals surface area contributed by atoms with Crippen molar-refractivity contribution < 1.29 is 27.6 Å². The number of ether oxygens (including phenoxy) is 1. The smallest absolute Gasteiger partial charge is 0.340 e. The van der Waals surface area contributed by atoms with Gasteiger partial charge in [0, 0.05) is 13.1 Å². The minimum absolute atomic E-state index is 0.00813. The third-order valence-corrected chi connectivity index (χ3v) is 5.52. The van der Waals surface area contributed by atoms with Crippen LogP contribution in [0.2, 0.25) is 5.02 Å². The third kappa shape index (κ3) is 5.94. The number of hydrogen-bond acceptors (Lipinski definition) is 6. The number of benzene rings is 1. The highest BCUT2D eigenvalue weighted by Crippen LogP contribution is 2.23. The van der Waals surface area contributed by atoms with Crippen LogP contribution in [-0.2, 0) is 24.4 Å². The lowest BCUT2D eigenvalue weighted by molar-refractivity contribution is -0.124. The summed E-state index contributed by atoms with van der Waals surface area (Å²) in [6.45, 7) is 3.35. The van der Waals surface area contributed by atoms with Gasteiger partial charge in [0.05, 0.1) is 22.6 Å². The number of hydrogen-bond donors (Lipinski definition) is 1. The van der Waals surface area contributed by atoms with Crippen molar-refractivity contribution in [2.75, 3.05) is 20.8 Å². The van der Waals surface area contributed by atoms with Crippen LogP contribution in [0.4, 0.5) is 0 Å². The molecule has 0 fully saturated rings. The Balaban J connectivity index is 2.87. The van der Waals surface area contributed by atoms with Crippen molar-refractivity contribution in [3.05, 3.63) is 28.8 Å². The predicted molar refractivity (Wildman–Crippen MR) is 96.2 cm³/mol. The molecule has 0 aliphatic heterocycles. The molecule has 0 aliphatic carbocycles. The molecular formula is C16H23ClN2O6S. The number of halogens is 1. The van der Waals surface area contributed by atoms with Crippen molar-refractivity contribution in [3.8, 4) is 0 Å². The van der Waals surface area contributed by atoms with E-state index >= 15 is 0 Å². The monoisotopic (exact) mass is 406 g/mol. The Kier molecular flexibility index (Phi) is 8.48. The molecule has 0 heterocycles. The molecule has 0 aliphatic rings. The molecule has 0 unspecified atom stereocenters. The maximum Gasteiger partial charge on any atom is 0.340 e. The van der Waals surface area contributed by atoms with Crippen LogP contribution < -0.4 is 5.32 Å². The van der Waals surface area contributed by atoms with E-state index in [2.05, 4.69) is 10.2 Å². The second-order valence-corrected chi connectivity index (χ2v) is 7.92. The zero-order valence-electron chi connectivity index (χ0n) is 15.1. The number of rotatable bonds is 9. The summed E-state index contributed by atoms with van der Waals surface area (Å²) in [5.41, 5.74) is -0.161. The lowest BCUT2D eigenvalue weighted by Crippen LogP contribution is -2.35. The number of sulfonamides is 1. The first-order valence-electron chi connectivity index (χ1n) is 7.92. The molecule has 1 atom stereocenters. The Labute approximate surface area is 158 Å². The summed E-state index contributed by atoms with van der Waals surface area (Å²) in [5.74, 6) is -1.34. The molecule has 1 aromatic rings. The van der Waals surface area contributed by atoms with E-state index in [0.717, 1.165) is 18.9 Å². The average Bonchev–Trinajstić information content (AvgIpc) is 2.59. The van der Waals surface area contributed by atoms with E-state index in [9.17, 15) is 18.0 Å². The van der Waals surface area contributed by atoms with E-state index in [-0.39, 0.29) is 21.5 Å². The van der Waals surface area contributed by atoms with Gasteiger partial charge in [0.25, 0.3) is 15.9 Å². The summed E-state index contributed by atoms with van der Waals surface area (Å²) >= 11 is 5.95. The zero-order chi connectivity index (χ0) is 19.9. The van der Waals surface area contributed by atoms with Crippen molar-refractivity contribution in [2.24, 2.45) is 0 Å². The van der Waals surface area contributed by atoms with Gasteiger partial charge < -0.3 is 10.1 Å². The third-order valence-electron chi connectivity index (χ3n) is 3.51. The summed E-state index contributed by atoms with van der Waals surface area (Å²) in [5, 5.41) is 2.70. The molecular weight excluding hydrogens is 384 g/mol. The van der Waals surface area contributed by atoms with E-state index in [1.807, 2.05) is 13.8 Å². The Morgan fingerprint density at radius 2 is 2.00 bits per heavy atom. The zero-order valence-corrected chi connectivity index (χ0v) is 16.7. The van der Waals surface area contributed by atoms with Crippen LogP contribution in [0.25, 0.3) is 0 Å². The second-order valence-electron chi connectivity index (χ2n) is 5.57. The number of amides is 1. The largest absolute Gasteiger partial charge is 0.452 e. The van der Waals surface area contributed by atoms with Crippen LogP contribution in [0.5, 0.6) is 0 Å². The quantitative estimate of drug-likeness (QED) is 0.497. The number of nitrogens with one attached hydrogen (secondary N) is 1. The Morgan fingerprint density at radius 1 is 1.35 bits per heavy atom. The lowest BCUT2D eigenvalue weighted by atomic mass is 10.2. The van der Waals surface area contributed by atoms with E-state index in [4.69, 9.17) is 16.3 Å².